The second-order valence-corrected chi connectivity index (χ2v) is 7.00. The van der Waals surface area contributed by atoms with E-state index in [0.717, 1.165) is 17.5 Å². The van der Waals surface area contributed by atoms with Gasteiger partial charge >= 0.3 is 0 Å². The first-order valence-electron chi connectivity index (χ1n) is 9.54. The van der Waals surface area contributed by atoms with Crippen LogP contribution in [-0.2, 0) is 0 Å². The molecule has 0 bridgehead atoms. The van der Waals surface area contributed by atoms with Crippen LogP contribution >= 0.6 is 0 Å². The highest BCUT2D eigenvalue weighted by Gasteiger charge is 2.13. The maximum absolute atomic E-state index is 14.6. The van der Waals surface area contributed by atoms with Gasteiger partial charge in [-0.05, 0) is 43.4 Å². The standard InChI is InChI=1S/C24H23F2NO2/c1-16(28)5-3-2-4-6-19-11-13-21(24(26)23(19)25)18-9-7-17(8-10-18)20-12-14-22(29)27-15-20/h4,6-16,28H,2-3,5H2,1H3,(H,27,29)/b6-4+. The van der Waals surface area contributed by atoms with Crippen molar-refractivity contribution in [3.05, 3.63) is 78.0 Å². The maximum atomic E-state index is 14.6. The fraction of sp³-hybridized carbons (Fsp3) is 0.208. The molecule has 0 saturated heterocycles. The summed E-state index contributed by atoms with van der Waals surface area (Å²) in [6.45, 7) is 1.73. The molecule has 1 heterocycles. The first-order valence-corrected chi connectivity index (χ1v) is 9.54. The fourth-order valence-electron chi connectivity index (χ4n) is 3.06. The summed E-state index contributed by atoms with van der Waals surface area (Å²) in [5, 5.41) is 18.5. The zero-order valence-corrected chi connectivity index (χ0v) is 16.1. The molecule has 3 aromatic rings. The number of unbranched alkanes of at least 4 members (excludes halogenated alkanes) is 1. The van der Waals surface area contributed by atoms with Gasteiger partial charge in [0, 0.05) is 29.0 Å². The second kappa shape index (κ2) is 9.43. The van der Waals surface area contributed by atoms with Gasteiger partial charge in [0.05, 0.1) is 6.10 Å². The lowest BCUT2D eigenvalue weighted by Crippen LogP contribution is -1.97. The highest BCUT2D eigenvalue weighted by atomic mass is 19.2. The number of halogens is 2. The van der Waals surface area contributed by atoms with Crippen LogP contribution in [0.1, 0.15) is 31.7 Å². The van der Waals surface area contributed by atoms with Crippen molar-refractivity contribution in [2.24, 2.45) is 0 Å². The Kier molecular flexibility index (Phi) is 6.73. The Bertz CT molecular complexity index is 981. The quantitative estimate of drug-likeness (QED) is 0.485. The van der Waals surface area contributed by atoms with Gasteiger partial charge in [-0.3, -0.25) is 0 Å². The molecule has 0 saturated carbocycles. The average molecular weight is 395 g/mol. The molecular formula is C24H23F2NO2. The Morgan fingerprint density at radius 2 is 1.62 bits per heavy atom. The first kappa shape index (κ1) is 20.7. The SMILES string of the molecule is CC(O)CCC/C=C/c1ccc(-c2ccc(-c3ccc(O)nc3)cc2)c(F)c1F. The maximum Gasteiger partial charge on any atom is 0.210 e. The zero-order valence-electron chi connectivity index (χ0n) is 16.1. The largest absolute Gasteiger partial charge is 0.493 e. The number of aromatic hydroxyl groups is 1. The number of benzene rings is 2. The highest BCUT2D eigenvalue weighted by molar-refractivity contribution is 5.71. The number of rotatable bonds is 7. The van der Waals surface area contributed by atoms with Gasteiger partial charge < -0.3 is 10.2 Å². The predicted molar refractivity (Wildman–Crippen MR) is 111 cm³/mol. The summed E-state index contributed by atoms with van der Waals surface area (Å²) in [4.78, 5) is 3.84. The van der Waals surface area contributed by atoms with E-state index < -0.39 is 11.6 Å². The summed E-state index contributed by atoms with van der Waals surface area (Å²) in [6, 6.07) is 13.4. The second-order valence-electron chi connectivity index (χ2n) is 7.00. The number of aromatic nitrogens is 1. The van der Waals surface area contributed by atoms with E-state index in [1.807, 2.05) is 0 Å². The Morgan fingerprint density at radius 3 is 2.28 bits per heavy atom. The third-order valence-electron chi connectivity index (χ3n) is 4.68. The van der Waals surface area contributed by atoms with E-state index >= 15 is 0 Å². The van der Waals surface area contributed by atoms with Crippen molar-refractivity contribution < 1.29 is 19.0 Å². The van der Waals surface area contributed by atoms with E-state index in [1.165, 1.54) is 6.07 Å². The number of hydrogen-bond donors (Lipinski definition) is 2. The molecule has 2 aromatic carbocycles. The van der Waals surface area contributed by atoms with Crippen LogP contribution in [0, 0.1) is 11.6 Å². The minimum Gasteiger partial charge on any atom is -0.493 e. The lowest BCUT2D eigenvalue weighted by molar-refractivity contribution is 0.182. The molecule has 1 aromatic heterocycles. The van der Waals surface area contributed by atoms with E-state index in [0.29, 0.717) is 18.4 Å². The lowest BCUT2D eigenvalue weighted by Gasteiger charge is -2.08. The molecule has 0 fully saturated rings. The van der Waals surface area contributed by atoms with Crippen molar-refractivity contribution in [2.75, 3.05) is 0 Å². The van der Waals surface area contributed by atoms with Crippen LogP contribution in [0.2, 0.25) is 0 Å². The van der Waals surface area contributed by atoms with E-state index in [1.54, 1.807) is 67.7 Å². The Balaban J connectivity index is 1.76. The van der Waals surface area contributed by atoms with Crippen molar-refractivity contribution in [3.8, 4) is 28.1 Å². The minimum absolute atomic E-state index is 0.0555. The molecule has 0 aliphatic heterocycles. The molecule has 0 amide bonds. The molecule has 29 heavy (non-hydrogen) atoms. The molecule has 2 N–H and O–H groups in total. The van der Waals surface area contributed by atoms with Gasteiger partial charge in [-0.15, -0.1) is 0 Å². The summed E-state index contributed by atoms with van der Waals surface area (Å²) < 4.78 is 29.1. The predicted octanol–water partition coefficient (Wildman–Crippen LogP) is 5.96. The molecule has 1 atom stereocenters. The Morgan fingerprint density at radius 1 is 0.931 bits per heavy atom. The van der Waals surface area contributed by atoms with Crippen LogP contribution in [-0.4, -0.2) is 21.3 Å². The van der Waals surface area contributed by atoms with Crippen LogP contribution < -0.4 is 0 Å². The molecule has 150 valence electrons. The molecule has 5 heteroatoms. The van der Waals surface area contributed by atoms with Crippen LogP contribution in [0.4, 0.5) is 8.78 Å². The summed E-state index contributed by atoms with van der Waals surface area (Å²) in [6.07, 6.45) is 6.73. The van der Waals surface area contributed by atoms with E-state index in [-0.39, 0.29) is 23.1 Å². The third-order valence-corrected chi connectivity index (χ3v) is 4.68. The number of aliphatic hydroxyl groups is 1. The molecule has 3 rings (SSSR count). The molecule has 0 aliphatic carbocycles. The van der Waals surface area contributed by atoms with E-state index in [2.05, 4.69) is 4.98 Å². The van der Waals surface area contributed by atoms with Crippen LogP contribution in [0.3, 0.4) is 0 Å². The molecule has 3 nitrogen and oxygen atoms in total. The summed E-state index contributed by atoms with van der Waals surface area (Å²) in [7, 11) is 0. The number of allylic oxidation sites excluding steroid dienone is 1. The topological polar surface area (TPSA) is 53.4 Å². The smallest absolute Gasteiger partial charge is 0.210 e. The van der Waals surface area contributed by atoms with Gasteiger partial charge in [0.15, 0.2) is 11.6 Å². The zero-order chi connectivity index (χ0) is 20.8. The number of aliphatic hydroxyl groups excluding tert-OH is 1. The van der Waals surface area contributed by atoms with Crippen LogP contribution in [0.5, 0.6) is 5.88 Å². The van der Waals surface area contributed by atoms with Crippen molar-refractivity contribution in [1.82, 2.24) is 4.98 Å². The molecule has 0 spiro atoms. The van der Waals surface area contributed by atoms with Crippen molar-refractivity contribution >= 4 is 6.08 Å². The molecule has 0 radical (unpaired) electrons. The van der Waals surface area contributed by atoms with E-state index in [4.69, 9.17) is 0 Å². The van der Waals surface area contributed by atoms with Gasteiger partial charge in [0.1, 0.15) is 0 Å². The molecular weight excluding hydrogens is 372 g/mol. The summed E-state index contributed by atoms with van der Waals surface area (Å²) >= 11 is 0. The minimum atomic E-state index is -0.879. The van der Waals surface area contributed by atoms with Crippen molar-refractivity contribution in [3.63, 3.8) is 0 Å². The lowest BCUT2D eigenvalue weighted by atomic mass is 9.99. The summed E-state index contributed by atoms with van der Waals surface area (Å²) in [5.41, 5.74) is 2.65. The number of nitrogens with zero attached hydrogens (tertiary/aromatic N) is 1. The van der Waals surface area contributed by atoms with Crippen LogP contribution in [0.15, 0.2) is 60.8 Å². The van der Waals surface area contributed by atoms with E-state index in [9.17, 15) is 19.0 Å². The van der Waals surface area contributed by atoms with Crippen molar-refractivity contribution in [2.45, 2.75) is 32.3 Å². The monoisotopic (exact) mass is 395 g/mol. The number of hydrogen-bond acceptors (Lipinski definition) is 3. The van der Waals surface area contributed by atoms with Gasteiger partial charge in [-0.1, -0.05) is 48.6 Å². The summed E-state index contributed by atoms with van der Waals surface area (Å²) in [5.74, 6) is -1.81. The number of pyridine rings is 1. The fourth-order valence-corrected chi connectivity index (χ4v) is 3.06. The third kappa shape index (κ3) is 5.27. The normalized spacial score (nSPS) is 12.4. The van der Waals surface area contributed by atoms with Gasteiger partial charge in [0.2, 0.25) is 5.88 Å². The van der Waals surface area contributed by atoms with Crippen molar-refractivity contribution in [1.29, 1.82) is 0 Å². The highest BCUT2D eigenvalue weighted by Crippen LogP contribution is 2.29. The Hall–Kier alpha value is -3.05. The van der Waals surface area contributed by atoms with Gasteiger partial charge in [-0.2, -0.15) is 0 Å². The van der Waals surface area contributed by atoms with Crippen LogP contribution in [0.25, 0.3) is 28.3 Å². The van der Waals surface area contributed by atoms with Gasteiger partial charge in [-0.25, -0.2) is 13.8 Å². The molecule has 1 unspecified atom stereocenters. The molecule has 0 aliphatic rings. The first-order chi connectivity index (χ1) is 14.0. The average Bonchev–Trinajstić information content (AvgIpc) is 2.71. The Labute approximate surface area is 169 Å². The van der Waals surface area contributed by atoms with Gasteiger partial charge in [0.25, 0.3) is 0 Å².